The van der Waals surface area contributed by atoms with Gasteiger partial charge in [-0.15, -0.1) is 0 Å². The van der Waals surface area contributed by atoms with Crippen LogP contribution in [0.25, 0.3) is 0 Å². The number of rotatable bonds is 2. The Hall–Kier alpha value is -1.17. The van der Waals surface area contributed by atoms with Gasteiger partial charge in [0.05, 0.1) is 6.20 Å². The van der Waals surface area contributed by atoms with Crippen molar-refractivity contribution in [3.8, 4) is 0 Å². The second-order valence-corrected chi connectivity index (χ2v) is 4.36. The van der Waals surface area contributed by atoms with Gasteiger partial charge < -0.3 is 4.98 Å². The van der Waals surface area contributed by atoms with E-state index in [2.05, 4.69) is 9.97 Å². The van der Waals surface area contributed by atoms with Gasteiger partial charge in [0, 0.05) is 13.2 Å². The molecule has 0 aliphatic heterocycles. The number of sulfone groups is 1. The molecule has 0 atom stereocenters. The summed E-state index contributed by atoms with van der Waals surface area (Å²) in [5, 5.41) is -0.173. The van der Waals surface area contributed by atoms with Gasteiger partial charge in [0.2, 0.25) is 15.0 Å². The molecule has 12 heavy (non-hydrogen) atoms. The lowest BCUT2D eigenvalue weighted by Crippen LogP contribution is -2.00. The number of hydrogen-bond donors (Lipinski definition) is 1. The molecule has 1 aromatic rings. The largest absolute Gasteiger partial charge is 0.326 e. The number of hydrogen-bond acceptors (Lipinski definition) is 4. The predicted molar refractivity (Wildman–Crippen MR) is 41.7 cm³/mol. The van der Waals surface area contributed by atoms with Crippen molar-refractivity contribution in [1.29, 1.82) is 0 Å². The SMILES string of the molecule is CC(=O)c1cnc(S(C)(=O)=O)[nH]1. The van der Waals surface area contributed by atoms with Crippen molar-refractivity contribution in [3.63, 3.8) is 0 Å². The third-order valence-corrected chi connectivity index (χ3v) is 2.19. The van der Waals surface area contributed by atoms with E-state index in [9.17, 15) is 13.2 Å². The molecular weight excluding hydrogens is 180 g/mol. The van der Waals surface area contributed by atoms with E-state index in [1.165, 1.54) is 13.1 Å². The van der Waals surface area contributed by atoms with Crippen LogP contribution in [0.4, 0.5) is 0 Å². The van der Waals surface area contributed by atoms with Gasteiger partial charge in [-0.1, -0.05) is 0 Å². The summed E-state index contributed by atoms with van der Waals surface area (Å²) in [5.41, 5.74) is 0.204. The lowest BCUT2D eigenvalue weighted by atomic mass is 10.3. The van der Waals surface area contributed by atoms with Crippen LogP contribution in [-0.4, -0.2) is 30.4 Å². The average molecular weight is 188 g/mol. The number of ketones is 1. The van der Waals surface area contributed by atoms with Crippen molar-refractivity contribution < 1.29 is 13.2 Å². The highest BCUT2D eigenvalue weighted by atomic mass is 32.2. The van der Waals surface area contributed by atoms with Crippen LogP contribution in [0.5, 0.6) is 0 Å². The smallest absolute Gasteiger partial charge is 0.225 e. The molecule has 0 aromatic carbocycles. The Morgan fingerprint density at radius 1 is 1.58 bits per heavy atom. The Morgan fingerprint density at radius 2 is 2.17 bits per heavy atom. The van der Waals surface area contributed by atoms with Gasteiger partial charge in [-0.2, -0.15) is 0 Å². The van der Waals surface area contributed by atoms with Gasteiger partial charge in [0.25, 0.3) is 0 Å². The summed E-state index contributed by atoms with van der Waals surface area (Å²) < 4.78 is 21.7. The van der Waals surface area contributed by atoms with Gasteiger partial charge in [-0.25, -0.2) is 13.4 Å². The molecule has 0 amide bonds. The summed E-state index contributed by atoms with van der Waals surface area (Å²) in [5.74, 6) is -0.239. The van der Waals surface area contributed by atoms with E-state index < -0.39 is 9.84 Å². The van der Waals surface area contributed by atoms with E-state index in [0.29, 0.717) is 0 Å². The van der Waals surface area contributed by atoms with Crippen molar-refractivity contribution >= 4 is 15.6 Å². The number of aromatic amines is 1. The first-order chi connectivity index (χ1) is 5.41. The van der Waals surface area contributed by atoms with Crippen LogP contribution >= 0.6 is 0 Å². The maximum absolute atomic E-state index is 10.9. The van der Waals surface area contributed by atoms with E-state index in [1.54, 1.807) is 0 Å². The second-order valence-electron chi connectivity index (χ2n) is 2.43. The summed E-state index contributed by atoms with van der Waals surface area (Å²) in [6.07, 6.45) is 2.23. The minimum absolute atomic E-state index is 0.173. The van der Waals surface area contributed by atoms with Gasteiger partial charge >= 0.3 is 0 Å². The molecule has 66 valence electrons. The van der Waals surface area contributed by atoms with Crippen molar-refractivity contribution in [1.82, 2.24) is 9.97 Å². The Morgan fingerprint density at radius 3 is 2.42 bits per heavy atom. The molecule has 0 saturated carbocycles. The van der Waals surface area contributed by atoms with Crippen molar-refractivity contribution in [2.24, 2.45) is 0 Å². The van der Waals surface area contributed by atoms with Crippen LogP contribution in [0.3, 0.4) is 0 Å². The standard InChI is InChI=1S/C6H8N2O3S/c1-4(9)5-3-7-6(8-5)12(2,10)11/h3H,1-2H3,(H,7,8). The average Bonchev–Trinajstić information content (AvgIpc) is 2.30. The molecule has 5 nitrogen and oxygen atoms in total. The highest BCUT2D eigenvalue weighted by Gasteiger charge is 2.12. The Bertz CT molecular complexity index is 404. The van der Waals surface area contributed by atoms with Gasteiger partial charge in [-0.05, 0) is 0 Å². The topological polar surface area (TPSA) is 79.9 Å². The Labute approximate surface area is 69.7 Å². The number of carbonyl (C=O) groups excluding carboxylic acids is 1. The molecule has 0 fully saturated rings. The van der Waals surface area contributed by atoms with Crippen LogP contribution in [0.1, 0.15) is 17.4 Å². The molecule has 0 unspecified atom stereocenters. The van der Waals surface area contributed by atoms with Gasteiger partial charge in [0.1, 0.15) is 5.69 Å². The zero-order valence-electron chi connectivity index (χ0n) is 6.66. The third-order valence-electron chi connectivity index (χ3n) is 1.28. The molecule has 0 bridgehead atoms. The molecule has 0 saturated heterocycles. The molecule has 1 heterocycles. The number of Topliss-reactive ketones (excluding diaryl/α,β-unsaturated/α-hetero) is 1. The minimum atomic E-state index is -3.33. The number of H-pyrrole nitrogens is 1. The summed E-state index contributed by atoms with van der Waals surface area (Å²) >= 11 is 0. The van der Waals surface area contributed by atoms with Crippen LogP contribution in [0.15, 0.2) is 11.4 Å². The van der Waals surface area contributed by atoms with E-state index in [4.69, 9.17) is 0 Å². The summed E-state index contributed by atoms with van der Waals surface area (Å²) in [4.78, 5) is 16.7. The van der Waals surface area contributed by atoms with E-state index in [0.717, 1.165) is 6.26 Å². The fraction of sp³-hybridized carbons (Fsp3) is 0.333. The summed E-state index contributed by atoms with van der Waals surface area (Å²) in [7, 11) is -3.33. The highest BCUT2D eigenvalue weighted by molar-refractivity contribution is 7.90. The number of imidazole rings is 1. The number of nitrogens with one attached hydrogen (secondary N) is 1. The first kappa shape index (κ1) is 8.92. The third kappa shape index (κ3) is 1.70. The summed E-state index contributed by atoms with van der Waals surface area (Å²) in [6, 6.07) is 0. The lowest BCUT2D eigenvalue weighted by molar-refractivity contribution is 0.101. The molecule has 6 heteroatoms. The fourth-order valence-electron chi connectivity index (χ4n) is 0.670. The molecule has 0 aliphatic carbocycles. The molecular formula is C6H8N2O3S. The van der Waals surface area contributed by atoms with Crippen LogP contribution in [0.2, 0.25) is 0 Å². The van der Waals surface area contributed by atoms with Crippen LogP contribution < -0.4 is 0 Å². The Kier molecular flexibility index (Phi) is 2.01. The van der Waals surface area contributed by atoms with Gasteiger partial charge in [-0.3, -0.25) is 4.79 Å². The normalized spacial score (nSPS) is 11.5. The first-order valence-electron chi connectivity index (χ1n) is 3.17. The van der Waals surface area contributed by atoms with E-state index >= 15 is 0 Å². The zero-order valence-corrected chi connectivity index (χ0v) is 7.47. The molecule has 0 aliphatic rings. The number of nitrogens with zero attached hydrogens (tertiary/aromatic N) is 1. The second kappa shape index (κ2) is 2.71. The fourth-order valence-corrected chi connectivity index (χ4v) is 1.21. The lowest BCUT2D eigenvalue weighted by Gasteiger charge is -1.88. The number of aromatic nitrogens is 2. The van der Waals surface area contributed by atoms with E-state index in [-0.39, 0.29) is 16.6 Å². The van der Waals surface area contributed by atoms with Crippen molar-refractivity contribution in [2.75, 3.05) is 6.26 Å². The van der Waals surface area contributed by atoms with Crippen molar-refractivity contribution in [3.05, 3.63) is 11.9 Å². The maximum Gasteiger partial charge on any atom is 0.225 e. The molecule has 0 spiro atoms. The molecule has 1 N–H and O–H groups in total. The van der Waals surface area contributed by atoms with Gasteiger partial charge in [0.15, 0.2) is 5.78 Å². The Balaban J connectivity index is 3.17. The predicted octanol–water partition coefficient (Wildman–Crippen LogP) is 0.0158. The molecule has 0 radical (unpaired) electrons. The zero-order chi connectivity index (χ0) is 9.35. The molecule has 1 rings (SSSR count). The quantitative estimate of drug-likeness (QED) is 0.663. The van der Waals surface area contributed by atoms with Crippen molar-refractivity contribution in [2.45, 2.75) is 12.1 Å². The highest BCUT2D eigenvalue weighted by Crippen LogP contribution is 2.03. The van der Waals surface area contributed by atoms with E-state index in [1.807, 2.05) is 0 Å². The minimum Gasteiger partial charge on any atom is -0.326 e. The van der Waals surface area contributed by atoms with Crippen LogP contribution in [-0.2, 0) is 9.84 Å². The molecule has 1 aromatic heterocycles. The van der Waals surface area contributed by atoms with Crippen LogP contribution in [0, 0.1) is 0 Å². The maximum atomic E-state index is 10.9. The summed E-state index contributed by atoms with van der Waals surface area (Å²) in [6.45, 7) is 1.33. The monoisotopic (exact) mass is 188 g/mol. The first-order valence-corrected chi connectivity index (χ1v) is 5.06. The number of carbonyl (C=O) groups is 1.